The van der Waals surface area contributed by atoms with Crippen molar-refractivity contribution in [2.75, 3.05) is 0 Å². The van der Waals surface area contributed by atoms with Crippen molar-refractivity contribution in [3.05, 3.63) is 40.3 Å². The van der Waals surface area contributed by atoms with Gasteiger partial charge in [0.15, 0.2) is 5.82 Å². The molecule has 17 heavy (non-hydrogen) atoms. The van der Waals surface area contributed by atoms with Gasteiger partial charge < -0.3 is 5.73 Å². The molecule has 0 saturated heterocycles. The van der Waals surface area contributed by atoms with E-state index in [4.69, 9.17) is 5.73 Å². The van der Waals surface area contributed by atoms with E-state index in [1.54, 1.807) is 10.9 Å². The highest BCUT2D eigenvalue weighted by Gasteiger charge is 2.06. The molecule has 0 saturated carbocycles. The number of nitrogens with two attached hydrogens (primary N) is 1. The van der Waals surface area contributed by atoms with Crippen LogP contribution < -0.4 is 5.73 Å². The van der Waals surface area contributed by atoms with Crippen LogP contribution in [0.25, 0.3) is 5.82 Å². The molecule has 5 heteroatoms. The average Bonchev–Trinajstić information content (AvgIpc) is 2.64. The Bertz CT molecular complexity index is 519. The van der Waals surface area contributed by atoms with E-state index in [0.29, 0.717) is 0 Å². The van der Waals surface area contributed by atoms with Crippen molar-refractivity contribution >= 4 is 15.9 Å². The topological polar surface area (TPSA) is 56.7 Å². The molecule has 0 aliphatic heterocycles. The Balaban J connectivity index is 2.31. The van der Waals surface area contributed by atoms with E-state index in [9.17, 15) is 0 Å². The Morgan fingerprint density at radius 1 is 1.47 bits per heavy atom. The summed E-state index contributed by atoms with van der Waals surface area (Å²) in [5, 5.41) is 4.22. The molecule has 0 aliphatic rings. The predicted molar refractivity (Wildman–Crippen MR) is 71.1 cm³/mol. The minimum Gasteiger partial charge on any atom is -0.328 e. The Kier molecular flexibility index (Phi) is 3.59. The maximum absolute atomic E-state index is 5.78. The van der Waals surface area contributed by atoms with Crippen LogP contribution in [0.4, 0.5) is 0 Å². The first-order valence-corrected chi connectivity index (χ1v) is 6.27. The van der Waals surface area contributed by atoms with Crippen molar-refractivity contribution < 1.29 is 0 Å². The molecule has 1 atom stereocenters. The summed E-state index contributed by atoms with van der Waals surface area (Å²) >= 11 is 3.37. The molecule has 0 radical (unpaired) electrons. The molecule has 0 bridgehead atoms. The molecule has 0 fully saturated rings. The second kappa shape index (κ2) is 4.98. The fourth-order valence-corrected chi connectivity index (χ4v) is 2.05. The lowest BCUT2D eigenvalue weighted by molar-refractivity contribution is 0.732. The summed E-state index contributed by atoms with van der Waals surface area (Å²) in [6.07, 6.45) is 6.34. The van der Waals surface area contributed by atoms with E-state index in [2.05, 4.69) is 32.1 Å². The predicted octanol–water partition coefficient (Wildman–Crippen LogP) is 2.23. The van der Waals surface area contributed by atoms with Crippen LogP contribution in [-0.2, 0) is 6.42 Å². The second-order valence-electron chi connectivity index (χ2n) is 4.27. The van der Waals surface area contributed by atoms with E-state index in [1.165, 1.54) is 0 Å². The highest BCUT2D eigenvalue weighted by Crippen LogP contribution is 2.15. The second-order valence-corrected chi connectivity index (χ2v) is 5.18. The van der Waals surface area contributed by atoms with Gasteiger partial charge in [-0.05, 0) is 47.3 Å². The molecular formula is C12H15BrN4. The fraction of sp³-hybridized carbons (Fsp3) is 0.333. The van der Waals surface area contributed by atoms with E-state index in [-0.39, 0.29) is 6.04 Å². The van der Waals surface area contributed by atoms with Gasteiger partial charge >= 0.3 is 0 Å². The molecule has 1 unspecified atom stereocenters. The molecule has 0 aliphatic carbocycles. The third-order valence-corrected chi connectivity index (χ3v) is 2.84. The summed E-state index contributed by atoms with van der Waals surface area (Å²) in [5.41, 5.74) is 8.03. The summed E-state index contributed by atoms with van der Waals surface area (Å²) in [4.78, 5) is 4.44. The number of nitrogens with zero attached hydrogens (tertiary/aromatic N) is 3. The van der Waals surface area contributed by atoms with Gasteiger partial charge in [0.2, 0.25) is 0 Å². The molecule has 0 amide bonds. The Morgan fingerprint density at radius 3 is 2.76 bits per heavy atom. The Hall–Kier alpha value is -1.20. The minimum atomic E-state index is 0.154. The van der Waals surface area contributed by atoms with E-state index in [0.717, 1.165) is 27.8 Å². The molecule has 2 aromatic heterocycles. The zero-order valence-electron chi connectivity index (χ0n) is 9.89. The van der Waals surface area contributed by atoms with Crippen LogP contribution in [-0.4, -0.2) is 20.8 Å². The first kappa shape index (κ1) is 12.3. The maximum Gasteiger partial charge on any atom is 0.156 e. The number of aromatic nitrogens is 3. The van der Waals surface area contributed by atoms with Crippen molar-refractivity contribution in [3.8, 4) is 5.82 Å². The number of hydrogen-bond donors (Lipinski definition) is 1. The largest absolute Gasteiger partial charge is 0.328 e. The summed E-state index contributed by atoms with van der Waals surface area (Å²) in [6.45, 7) is 4.02. The Labute approximate surface area is 109 Å². The van der Waals surface area contributed by atoms with Crippen LogP contribution in [0, 0.1) is 6.92 Å². The molecule has 0 aromatic carbocycles. The van der Waals surface area contributed by atoms with Gasteiger partial charge in [-0.3, -0.25) is 0 Å². The standard InChI is InChI=1S/C12H15BrN4/c1-8-3-10(4-9(2)14)5-15-12(8)17-7-11(13)6-16-17/h3,5-7,9H,4,14H2,1-2H3. The van der Waals surface area contributed by atoms with Crippen LogP contribution in [0.1, 0.15) is 18.1 Å². The lowest BCUT2D eigenvalue weighted by atomic mass is 10.1. The minimum absolute atomic E-state index is 0.154. The first-order valence-electron chi connectivity index (χ1n) is 5.48. The van der Waals surface area contributed by atoms with Gasteiger partial charge in [-0.2, -0.15) is 5.10 Å². The van der Waals surface area contributed by atoms with Crippen molar-refractivity contribution in [3.63, 3.8) is 0 Å². The lowest BCUT2D eigenvalue weighted by Gasteiger charge is -2.09. The molecular weight excluding hydrogens is 280 g/mol. The third-order valence-electron chi connectivity index (χ3n) is 2.43. The summed E-state index contributed by atoms with van der Waals surface area (Å²) in [6, 6.07) is 2.27. The van der Waals surface area contributed by atoms with Crippen molar-refractivity contribution in [2.45, 2.75) is 26.3 Å². The van der Waals surface area contributed by atoms with Gasteiger partial charge in [-0.1, -0.05) is 6.07 Å². The highest BCUT2D eigenvalue weighted by atomic mass is 79.9. The SMILES string of the molecule is Cc1cc(CC(C)N)cnc1-n1cc(Br)cn1. The molecule has 2 N–H and O–H groups in total. The molecule has 0 spiro atoms. The van der Waals surface area contributed by atoms with Gasteiger partial charge in [0.05, 0.1) is 10.7 Å². The van der Waals surface area contributed by atoms with Gasteiger partial charge in [0, 0.05) is 18.4 Å². The first-order chi connectivity index (χ1) is 8.06. The molecule has 2 rings (SSSR count). The zero-order chi connectivity index (χ0) is 12.4. The molecule has 4 nitrogen and oxygen atoms in total. The van der Waals surface area contributed by atoms with E-state index >= 15 is 0 Å². The number of aryl methyl sites for hydroxylation is 1. The van der Waals surface area contributed by atoms with Gasteiger partial charge in [0.25, 0.3) is 0 Å². The van der Waals surface area contributed by atoms with Gasteiger partial charge in [-0.25, -0.2) is 9.67 Å². The monoisotopic (exact) mass is 294 g/mol. The molecule has 2 heterocycles. The van der Waals surface area contributed by atoms with E-state index < -0.39 is 0 Å². The summed E-state index contributed by atoms with van der Waals surface area (Å²) in [5.74, 6) is 0.851. The van der Waals surface area contributed by atoms with Gasteiger partial charge in [-0.15, -0.1) is 0 Å². The van der Waals surface area contributed by atoms with Crippen LogP contribution >= 0.6 is 15.9 Å². The van der Waals surface area contributed by atoms with Crippen molar-refractivity contribution in [1.29, 1.82) is 0 Å². The number of hydrogen-bond acceptors (Lipinski definition) is 3. The van der Waals surface area contributed by atoms with Crippen LogP contribution in [0.15, 0.2) is 29.1 Å². The highest BCUT2D eigenvalue weighted by molar-refractivity contribution is 9.10. The van der Waals surface area contributed by atoms with Crippen LogP contribution in [0.5, 0.6) is 0 Å². The number of halogens is 1. The lowest BCUT2D eigenvalue weighted by Crippen LogP contribution is -2.18. The zero-order valence-corrected chi connectivity index (χ0v) is 11.5. The number of rotatable bonds is 3. The van der Waals surface area contributed by atoms with Crippen LogP contribution in [0.2, 0.25) is 0 Å². The van der Waals surface area contributed by atoms with Crippen LogP contribution in [0.3, 0.4) is 0 Å². The number of pyridine rings is 1. The van der Waals surface area contributed by atoms with Crippen molar-refractivity contribution in [1.82, 2.24) is 14.8 Å². The smallest absolute Gasteiger partial charge is 0.156 e. The normalized spacial score (nSPS) is 12.7. The quantitative estimate of drug-likeness (QED) is 0.944. The third kappa shape index (κ3) is 2.92. The van der Waals surface area contributed by atoms with E-state index in [1.807, 2.05) is 26.2 Å². The van der Waals surface area contributed by atoms with Gasteiger partial charge in [0.1, 0.15) is 0 Å². The van der Waals surface area contributed by atoms with Crippen molar-refractivity contribution in [2.24, 2.45) is 5.73 Å². The average molecular weight is 295 g/mol. The molecule has 90 valence electrons. The maximum atomic E-state index is 5.78. The fourth-order valence-electron chi connectivity index (χ4n) is 1.77. The summed E-state index contributed by atoms with van der Waals surface area (Å²) < 4.78 is 2.70. The Morgan fingerprint density at radius 2 is 2.24 bits per heavy atom. The molecule has 2 aromatic rings. The summed E-state index contributed by atoms with van der Waals surface area (Å²) in [7, 11) is 0.